The maximum Gasteiger partial charge on any atom is 0.261 e. The fourth-order valence-electron chi connectivity index (χ4n) is 3.53. The number of aromatic nitrogens is 3. The van der Waals surface area contributed by atoms with Crippen LogP contribution in [-0.2, 0) is 0 Å². The molecule has 0 bridgehead atoms. The van der Waals surface area contributed by atoms with Crippen molar-refractivity contribution in [3.63, 3.8) is 0 Å². The standard InChI is InChI=1S/C22H16ClFN4O2/c23-16-3-1-2-4-18(16)26-22(30)15-11-28(13-5-6-13)19-10-20(27-8-7-25-12-27)17(24)9-14(19)21(15)29/h1-4,7-13H,5-6H2,(H,26,30). The molecule has 1 saturated carbocycles. The van der Waals surface area contributed by atoms with Crippen LogP contribution < -0.4 is 10.7 Å². The Kier molecular flexibility index (Phi) is 4.40. The molecule has 1 aliphatic carbocycles. The van der Waals surface area contributed by atoms with E-state index in [-0.39, 0.29) is 17.0 Å². The van der Waals surface area contributed by atoms with Gasteiger partial charge in [-0.3, -0.25) is 9.59 Å². The Balaban J connectivity index is 1.66. The molecule has 1 aliphatic rings. The lowest BCUT2D eigenvalue weighted by atomic mass is 10.1. The van der Waals surface area contributed by atoms with Crippen molar-refractivity contribution in [3.05, 3.63) is 87.9 Å². The maximum atomic E-state index is 14.8. The summed E-state index contributed by atoms with van der Waals surface area (Å²) in [7, 11) is 0. The highest BCUT2D eigenvalue weighted by atomic mass is 35.5. The maximum absolute atomic E-state index is 14.8. The molecule has 0 spiro atoms. The van der Waals surface area contributed by atoms with Crippen LogP contribution in [0.15, 0.2) is 66.1 Å². The Hall–Kier alpha value is -3.45. The second-order valence-corrected chi connectivity index (χ2v) is 7.64. The van der Waals surface area contributed by atoms with Crippen LogP contribution in [0, 0.1) is 5.82 Å². The second-order valence-electron chi connectivity index (χ2n) is 7.24. The highest BCUT2D eigenvalue weighted by Gasteiger charge is 2.27. The SMILES string of the molecule is O=C(Nc1ccccc1Cl)c1cn(C2CC2)c2cc(-n3ccnc3)c(F)cc2c1=O. The Bertz CT molecular complexity index is 1340. The highest BCUT2D eigenvalue weighted by molar-refractivity contribution is 6.33. The monoisotopic (exact) mass is 422 g/mol. The van der Waals surface area contributed by atoms with Gasteiger partial charge in [0.1, 0.15) is 11.4 Å². The second kappa shape index (κ2) is 7.11. The number of hydrogen-bond acceptors (Lipinski definition) is 3. The zero-order valence-electron chi connectivity index (χ0n) is 15.7. The van der Waals surface area contributed by atoms with Crippen molar-refractivity contribution in [2.24, 2.45) is 0 Å². The molecule has 0 saturated heterocycles. The lowest BCUT2D eigenvalue weighted by Crippen LogP contribution is -2.24. The highest BCUT2D eigenvalue weighted by Crippen LogP contribution is 2.37. The van der Waals surface area contributed by atoms with E-state index in [2.05, 4.69) is 10.3 Å². The third-order valence-corrected chi connectivity index (χ3v) is 5.52. The first-order valence-corrected chi connectivity index (χ1v) is 9.83. The fraction of sp³-hybridized carbons (Fsp3) is 0.136. The average molecular weight is 423 g/mol. The molecule has 30 heavy (non-hydrogen) atoms. The average Bonchev–Trinajstić information content (AvgIpc) is 3.43. The number of imidazole rings is 1. The first-order valence-electron chi connectivity index (χ1n) is 9.45. The summed E-state index contributed by atoms with van der Waals surface area (Å²) >= 11 is 6.11. The Labute approximate surface area is 175 Å². The lowest BCUT2D eigenvalue weighted by Gasteiger charge is -2.15. The number of amides is 1. The van der Waals surface area contributed by atoms with Crippen molar-refractivity contribution in [1.29, 1.82) is 0 Å². The number of halogens is 2. The molecule has 0 atom stereocenters. The minimum absolute atomic E-state index is 0.0518. The summed E-state index contributed by atoms with van der Waals surface area (Å²) < 4.78 is 18.3. The number of para-hydroxylation sites is 1. The van der Waals surface area contributed by atoms with E-state index in [4.69, 9.17) is 11.6 Å². The molecule has 6 nitrogen and oxygen atoms in total. The number of carbonyl (C=O) groups is 1. The molecule has 2 heterocycles. The third kappa shape index (κ3) is 3.17. The van der Waals surface area contributed by atoms with E-state index in [1.54, 1.807) is 53.5 Å². The number of fused-ring (bicyclic) bond motifs is 1. The van der Waals surface area contributed by atoms with E-state index in [1.807, 2.05) is 4.57 Å². The smallest absolute Gasteiger partial charge is 0.261 e. The van der Waals surface area contributed by atoms with Crippen molar-refractivity contribution in [3.8, 4) is 5.69 Å². The number of nitrogens with one attached hydrogen (secondary N) is 1. The largest absolute Gasteiger partial charge is 0.343 e. The molecule has 1 N–H and O–H groups in total. The number of rotatable bonds is 4. The Morgan fingerprint density at radius 3 is 2.73 bits per heavy atom. The molecule has 4 aromatic rings. The number of hydrogen-bond donors (Lipinski definition) is 1. The van der Waals surface area contributed by atoms with Gasteiger partial charge in [0.05, 0.1) is 28.2 Å². The predicted octanol–water partition coefficient (Wildman–Crippen LogP) is 4.57. The van der Waals surface area contributed by atoms with Gasteiger partial charge in [0.25, 0.3) is 5.91 Å². The Morgan fingerprint density at radius 2 is 2.03 bits per heavy atom. The van der Waals surface area contributed by atoms with Gasteiger partial charge in [0, 0.05) is 30.0 Å². The van der Waals surface area contributed by atoms with Gasteiger partial charge in [0.15, 0.2) is 0 Å². The molecule has 1 amide bonds. The number of nitrogens with zero attached hydrogens (tertiary/aromatic N) is 3. The van der Waals surface area contributed by atoms with Crippen molar-refractivity contribution in [2.75, 3.05) is 5.32 Å². The zero-order valence-corrected chi connectivity index (χ0v) is 16.4. The van der Waals surface area contributed by atoms with Crippen LogP contribution in [0.4, 0.5) is 10.1 Å². The minimum atomic E-state index is -0.580. The zero-order chi connectivity index (χ0) is 20.8. The molecule has 0 radical (unpaired) electrons. The fourth-order valence-corrected chi connectivity index (χ4v) is 3.71. The quantitative estimate of drug-likeness (QED) is 0.524. The molecule has 5 rings (SSSR count). The Morgan fingerprint density at radius 1 is 1.23 bits per heavy atom. The summed E-state index contributed by atoms with van der Waals surface area (Å²) in [5, 5.41) is 3.20. The van der Waals surface area contributed by atoms with Crippen molar-refractivity contribution in [1.82, 2.24) is 14.1 Å². The normalized spacial score (nSPS) is 13.5. The van der Waals surface area contributed by atoms with Crippen LogP contribution in [-0.4, -0.2) is 20.0 Å². The van der Waals surface area contributed by atoms with Gasteiger partial charge in [-0.05, 0) is 37.1 Å². The summed E-state index contributed by atoms with van der Waals surface area (Å²) in [6, 6.07) is 9.76. The topological polar surface area (TPSA) is 68.9 Å². The van der Waals surface area contributed by atoms with Crippen molar-refractivity contribution >= 4 is 34.1 Å². The van der Waals surface area contributed by atoms with Crippen LogP contribution in [0.1, 0.15) is 29.2 Å². The molecule has 2 aromatic carbocycles. The summed E-state index contributed by atoms with van der Waals surface area (Å²) in [5.41, 5.74) is 0.707. The van der Waals surface area contributed by atoms with E-state index in [0.717, 1.165) is 12.8 Å². The molecule has 1 fully saturated rings. The first-order chi connectivity index (χ1) is 14.5. The van der Waals surface area contributed by atoms with Crippen molar-refractivity contribution < 1.29 is 9.18 Å². The van der Waals surface area contributed by atoms with E-state index in [0.29, 0.717) is 21.9 Å². The van der Waals surface area contributed by atoms with Crippen LogP contribution in [0.25, 0.3) is 16.6 Å². The van der Waals surface area contributed by atoms with Gasteiger partial charge in [-0.1, -0.05) is 23.7 Å². The van der Waals surface area contributed by atoms with Crippen LogP contribution in [0.5, 0.6) is 0 Å². The van der Waals surface area contributed by atoms with Gasteiger partial charge in [-0.2, -0.15) is 0 Å². The summed E-state index contributed by atoms with van der Waals surface area (Å²) in [6.45, 7) is 0. The van der Waals surface area contributed by atoms with Crippen LogP contribution in [0.3, 0.4) is 0 Å². The van der Waals surface area contributed by atoms with E-state index < -0.39 is 17.2 Å². The summed E-state index contributed by atoms with van der Waals surface area (Å²) in [6.07, 6.45) is 8.11. The lowest BCUT2D eigenvalue weighted by molar-refractivity contribution is 0.102. The van der Waals surface area contributed by atoms with Crippen LogP contribution >= 0.6 is 11.6 Å². The molecule has 0 aliphatic heterocycles. The number of benzene rings is 2. The van der Waals surface area contributed by atoms with Gasteiger partial charge < -0.3 is 14.5 Å². The minimum Gasteiger partial charge on any atom is -0.343 e. The molecule has 2 aromatic heterocycles. The van der Waals surface area contributed by atoms with E-state index in [9.17, 15) is 14.0 Å². The predicted molar refractivity (Wildman–Crippen MR) is 113 cm³/mol. The van der Waals surface area contributed by atoms with E-state index >= 15 is 0 Å². The van der Waals surface area contributed by atoms with Crippen molar-refractivity contribution in [2.45, 2.75) is 18.9 Å². The molecular weight excluding hydrogens is 407 g/mol. The molecule has 0 unspecified atom stereocenters. The summed E-state index contributed by atoms with van der Waals surface area (Å²) in [5.74, 6) is -1.15. The molecule has 8 heteroatoms. The van der Waals surface area contributed by atoms with Gasteiger partial charge in [0.2, 0.25) is 5.43 Å². The van der Waals surface area contributed by atoms with Crippen LogP contribution in [0.2, 0.25) is 5.02 Å². The first kappa shape index (κ1) is 18.6. The number of anilines is 1. The van der Waals surface area contributed by atoms with Gasteiger partial charge in [-0.25, -0.2) is 9.37 Å². The summed E-state index contributed by atoms with van der Waals surface area (Å²) in [4.78, 5) is 29.9. The molecule has 150 valence electrons. The van der Waals surface area contributed by atoms with Gasteiger partial charge >= 0.3 is 0 Å². The van der Waals surface area contributed by atoms with E-state index in [1.165, 1.54) is 12.4 Å². The van der Waals surface area contributed by atoms with Gasteiger partial charge in [-0.15, -0.1) is 0 Å². The number of carbonyl (C=O) groups excluding carboxylic acids is 1. The number of pyridine rings is 1. The molecular formula is C22H16ClFN4O2. The third-order valence-electron chi connectivity index (χ3n) is 5.19.